The third-order valence-electron chi connectivity index (χ3n) is 13.4. The van der Waals surface area contributed by atoms with Gasteiger partial charge in [-0.15, -0.1) is 0 Å². The van der Waals surface area contributed by atoms with E-state index in [2.05, 4.69) is 145 Å². The maximum absolute atomic E-state index is 2.69. The first-order chi connectivity index (χ1) is 26.7. The Bertz CT molecular complexity index is 2370. The fraction of sp³-hybridized carbons (Fsp3) is 0.294. The van der Waals surface area contributed by atoms with Crippen LogP contribution in [0.15, 0.2) is 164 Å². The number of para-hydroxylation sites is 1. The van der Waals surface area contributed by atoms with Gasteiger partial charge in [0.05, 0.1) is 6.04 Å². The Morgan fingerprint density at radius 1 is 0.667 bits per heavy atom. The lowest BCUT2D eigenvalue weighted by Gasteiger charge is -2.42. The minimum atomic E-state index is 0.254. The number of nitrogens with zero attached hydrogens (tertiary/aromatic N) is 1. The minimum absolute atomic E-state index is 0.254. The van der Waals surface area contributed by atoms with Crippen LogP contribution in [0.4, 0.5) is 5.69 Å². The summed E-state index contributed by atoms with van der Waals surface area (Å²) in [7, 11) is 0. The molecule has 6 atom stereocenters. The molecule has 0 fully saturated rings. The lowest BCUT2D eigenvalue weighted by atomic mass is 9.67. The molecule has 0 saturated heterocycles. The standard InChI is InChI=1S/C51H47NS2/c1-32-14-5-6-17-36(32)39-21-13-25-48-50(39)51(41-20-9-12-24-46(41)54-48)49-40-19-8-11-23-45(40)53-47-29-27-33(30-42(47)49)34-26-28-38-37-18-7-10-22-43(37)52(44(38)31-34)35-15-3-2-4-16-35/h5,7-8,10-15,18-19,21-32,36,38,44,49,51H,2-4,6,9,16-17,20H2,1H3. The molecule has 11 rings (SSSR count). The van der Waals surface area contributed by atoms with Crippen LogP contribution in [-0.4, -0.2) is 6.04 Å². The second-order valence-corrected chi connectivity index (χ2v) is 18.5. The van der Waals surface area contributed by atoms with Gasteiger partial charge in [-0.25, -0.2) is 0 Å². The zero-order valence-electron chi connectivity index (χ0n) is 31.1. The highest BCUT2D eigenvalue weighted by molar-refractivity contribution is 8.03. The lowest BCUT2D eigenvalue weighted by molar-refractivity contribution is 0.480. The van der Waals surface area contributed by atoms with Crippen molar-refractivity contribution in [3.63, 3.8) is 0 Å². The molecule has 0 radical (unpaired) electrons. The van der Waals surface area contributed by atoms with Gasteiger partial charge in [-0.3, -0.25) is 0 Å². The summed E-state index contributed by atoms with van der Waals surface area (Å²) in [5.41, 5.74) is 15.0. The largest absolute Gasteiger partial charge is 0.337 e. The molecule has 0 spiro atoms. The van der Waals surface area contributed by atoms with Crippen LogP contribution in [-0.2, 0) is 0 Å². The molecule has 0 bridgehead atoms. The summed E-state index contributed by atoms with van der Waals surface area (Å²) in [5, 5.41) is 0. The number of allylic oxidation sites excluding steroid dienone is 9. The molecule has 268 valence electrons. The number of hydrogen-bond acceptors (Lipinski definition) is 3. The van der Waals surface area contributed by atoms with Crippen LogP contribution in [0.1, 0.15) is 115 Å². The van der Waals surface area contributed by atoms with E-state index in [0.717, 1.165) is 12.8 Å². The maximum Gasteiger partial charge on any atom is 0.0632 e. The number of rotatable bonds is 4. The van der Waals surface area contributed by atoms with E-state index in [1.807, 2.05) is 23.5 Å². The van der Waals surface area contributed by atoms with Gasteiger partial charge in [-0.05, 0) is 138 Å². The molecule has 0 N–H and O–H groups in total. The lowest BCUT2D eigenvalue weighted by Crippen LogP contribution is -2.33. The first-order valence-electron chi connectivity index (χ1n) is 20.5. The second-order valence-electron chi connectivity index (χ2n) is 16.4. The first kappa shape index (κ1) is 33.2. The molecule has 4 aromatic carbocycles. The van der Waals surface area contributed by atoms with E-state index < -0.39 is 0 Å². The normalized spacial score (nSPS) is 27.6. The van der Waals surface area contributed by atoms with Crippen molar-refractivity contribution in [2.75, 3.05) is 4.90 Å². The predicted molar refractivity (Wildman–Crippen MR) is 229 cm³/mol. The third kappa shape index (κ3) is 5.36. The van der Waals surface area contributed by atoms with Crippen molar-refractivity contribution in [3.05, 3.63) is 183 Å². The van der Waals surface area contributed by atoms with E-state index in [1.165, 1.54) is 97.3 Å². The molecule has 4 aromatic rings. The van der Waals surface area contributed by atoms with Crippen LogP contribution in [0.5, 0.6) is 0 Å². The Morgan fingerprint density at radius 2 is 1.52 bits per heavy atom. The van der Waals surface area contributed by atoms with Gasteiger partial charge in [-0.1, -0.05) is 134 Å². The Hall–Kier alpha value is -4.18. The molecule has 4 aliphatic carbocycles. The highest BCUT2D eigenvalue weighted by Gasteiger charge is 2.43. The van der Waals surface area contributed by atoms with Crippen LogP contribution in [0, 0.1) is 5.92 Å². The number of benzene rings is 4. The fourth-order valence-corrected chi connectivity index (χ4v) is 13.3. The van der Waals surface area contributed by atoms with Crippen molar-refractivity contribution in [2.24, 2.45) is 5.92 Å². The first-order valence-corrected chi connectivity index (χ1v) is 22.1. The summed E-state index contributed by atoms with van der Waals surface area (Å²) in [4.78, 5) is 8.49. The van der Waals surface area contributed by atoms with Gasteiger partial charge >= 0.3 is 0 Å². The van der Waals surface area contributed by atoms with Crippen LogP contribution in [0.25, 0.3) is 5.57 Å². The number of hydrogen-bond donors (Lipinski definition) is 0. The number of anilines is 1. The zero-order chi connectivity index (χ0) is 35.8. The van der Waals surface area contributed by atoms with Crippen molar-refractivity contribution < 1.29 is 0 Å². The highest BCUT2D eigenvalue weighted by atomic mass is 32.2. The number of fused-ring (bicyclic) bond motifs is 6. The Labute approximate surface area is 329 Å². The van der Waals surface area contributed by atoms with Gasteiger partial charge < -0.3 is 4.90 Å². The van der Waals surface area contributed by atoms with Crippen molar-refractivity contribution in [3.8, 4) is 0 Å². The van der Waals surface area contributed by atoms with Crippen LogP contribution < -0.4 is 4.90 Å². The molecule has 0 aromatic heterocycles. The molecule has 3 heteroatoms. The molecule has 0 saturated carbocycles. The SMILES string of the molecule is CC1C=CCCC1c1cccc2c1C(C1c3ccccc3Sc3ccc(C4=CC5C(C=C4)c4ccccc4N5C4=CCCCC4)cc31)C1=C(C=CCC1)S2. The number of thioether (sulfide) groups is 1. The van der Waals surface area contributed by atoms with Crippen molar-refractivity contribution in [1.29, 1.82) is 0 Å². The molecule has 54 heavy (non-hydrogen) atoms. The Balaban J connectivity index is 1.07. The Kier molecular flexibility index (Phi) is 8.32. The summed E-state index contributed by atoms with van der Waals surface area (Å²) >= 11 is 4.01. The smallest absolute Gasteiger partial charge is 0.0632 e. The maximum atomic E-state index is 2.69. The van der Waals surface area contributed by atoms with Crippen LogP contribution >= 0.6 is 23.5 Å². The Morgan fingerprint density at radius 3 is 2.43 bits per heavy atom. The fourth-order valence-electron chi connectivity index (χ4n) is 10.9. The summed E-state index contributed by atoms with van der Waals surface area (Å²) in [6, 6.07) is 33.6. The molecular formula is C51H47NS2. The molecule has 3 aliphatic heterocycles. The van der Waals surface area contributed by atoms with Gasteiger partial charge in [0.1, 0.15) is 0 Å². The summed E-state index contributed by atoms with van der Waals surface area (Å²) < 4.78 is 0. The van der Waals surface area contributed by atoms with Crippen LogP contribution in [0.2, 0.25) is 0 Å². The average molecular weight is 738 g/mol. The third-order valence-corrected chi connectivity index (χ3v) is 15.8. The van der Waals surface area contributed by atoms with E-state index in [1.54, 1.807) is 16.7 Å². The summed E-state index contributed by atoms with van der Waals surface area (Å²) in [6.07, 6.45) is 29.5. The van der Waals surface area contributed by atoms with E-state index in [-0.39, 0.29) is 5.92 Å². The molecule has 3 heterocycles. The van der Waals surface area contributed by atoms with Gasteiger partial charge in [0.15, 0.2) is 0 Å². The second kappa shape index (κ2) is 13.5. The van der Waals surface area contributed by atoms with Crippen molar-refractivity contribution in [1.82, 2.24) is 0 Å². The van der Waals surface area contributed by atoms with Gasteiger partial charge in [0.2, 0.25) is 0 Å². The monoisotopic (exact) mass is 737 g/mol. The van der Waals surface area contributed by atoms with Gasteiger partial charge in [0, 0.05) is 48.7 Å². The average Bonchev–Trinajstić information content (AvgIpc) is 3.56. The molecule has 6 unspecified atom stereocenters. The van der Waals surface area contributed by atoms with Crippen molar-refractivity contribution >= 4 is 34.8 Å². The summed E-state index contributed by atoms with van der Waals surface area (Å²) in [5.74, 6) is 2.05. The molecule has 7 aliphatic rings. The van der Waals surface area contributed by atoms with Crippen LogP contribution in [0.3, 0.4) is 0 Å². The molecule has 1 nitrogen and oxygen atoms in total. The van der Waals surface area contributed by atoms with E-state index in [4.69, 9.17) is 0 Å². The topological polar surface area (TPSA) is 3.24 Å². The zero-order valence-corrected chi connectivity index (χ0v) is 32.7. The quantitative estimate of drug-likeness (QED) is 0.192. The highest BCUT2D eigenvalue weighted by Crippen LogP contribution is 2.61. The van der Waals surface area contributed by atoms with Gasteiger partial charge in [-0.2, -0.15) is 0 Å². The molecular weight excluding hydrogens is 691 g/mol. The van der Waals surface area contributed by atoms with E-state index in [9.17, 15) is 0 Å². The predicted octanol–water partition coefficient (Wildman–Crippen LogP) is 14.2. The summed E-state index contributed by atoms with van der Waals surface area (Å²) in [6.45, 7) is 2.44. The van der Waals surface area contributed by atoms with Crippen molar-refractivity contribution in [2.45, 2.75) is 103 Å². The van der Waals surface area contributed by atoms with Gasteiger partial charge in [0.25, 0.3) is 0 Å². The minimum Gasteiger partial charge on any atom is -0.337 e. The van der Waals surface area contributed by atoms with E-state index in [0.29, 0.717) is 29.7 Å². The van der Waals surface area contributed by atoms with E-state index >= 15 is 0 Å². The molecule has 0 amide bonds.